The molecule has 0 aliphatic rings. The van der Waals surface area contributed by atoms with E-state index in [9.17, 15) is 9.90 Å². The third kappa shape index (κ3) is 6.06. The summed E-state index contributed by atoms with van der Waals surface area (Å²) in [5.74, 6) is 0.377. The van der Waals surface area contributed by atoms with Gasteiger partial charge in [-0.05, 0) is 44.0 Å². The van der Waals surface area contributed by atoms with Crippen molar-refractivity contribution in [2.45, 2.75) is 39.7 Å². The van der Waals surface area contributed by atoms with E-state index in [1.54, 1.807) is 12.1 Å². The van der Waals surface area contributed by atoms with Gasteiger partial charge in [-0.2, -0.15) is 0 Å². The van der Waals surface area contributed by atoms with Gasteiger partial charge in [-0.15, -0.1) is 0 Å². The van der Waals surface area contributed by atoms with Gasteiger partial charge in [0.1, 0.15) is 5.75 Å². The molecule has 20 heavy (non-hydrogen) atoms. The minimum atomic E-state index is -0.00827. The van der Waals surface area contributed by atoms with Crippen molar-refractivity contribution in [3.8, 4) is 5.75 Å². The Bertz CT molecular complexity index is 403. The second-order valence-corrected chi connectivity index (χ2v) is 5.32. The molecule has 2 unspecified atom stereocenters. The van der Waals surface area contributed by atoms with Crippen LogP contribution in [0.25, 0.3) is 0 Å². The molecular weight excluding hydrogens is 252 g/mol. The first kappa shape index (κ1) is 16.5. The average Bonchev–Trinajstić information content (AvgIpc) is 2.44. The van der Waals surface area contributed by atoms with Crippen LogP contribution in [-0.2, 0) is 11.2 Å². The molecule has 0 radical (unpaired) electrons. The Morgan fingerprint density at radius 1 is 1.25 bits per heavy atom. The van der Waals surface area contributed by atoms with Crippen molar-refractivity contribution in [1.29, 1.82) is 0 Å². The van der Waals surface area contributed by atoms with Gasteiger partial charge in [-0.1, -0.05) is 26.0 Å². The Hall–Kier alpha value is -1.55. The Labute approximate surface area is 121 Å². The van der Waals surface area contributed by atoms with E-state index in [1.165, 1.54) is 5.56 Å². The lowest BCUT2D eigenvalue weighted by Crippen LogP contribution is -2.40. The molecule has 112 valence electrons. The van der Waals surface area contributed by atoms with Crippen LogP contribution in [0.5, 0.6) is 5.75 Å². The Morgan fingerprint density at radius 3 is 2.50 bits per heavy atom. The van der Waals surface area contributed by atoms with Crippen molar-refractivity contribution in [1.82, 2.24) is 10.6 Å². The largest absolute Gasteiger partial charge is 0.508 e. The summed E-state index contributed by atoms with van der Waals surface area (Å²) in [6.07, 6.45) is 1.79. The van der Waals surface area contributed by atoms with Crippen LogP contribution in [-0.4, -0.2) is 30.1 Å². The van der Waals surface area contributed by atoms with Crippen molar-refractivity contribution >= 4 is 5.91 Å². The quantitative estimate of drug-likeness (QED) is 0.682. The van der Waals surface area contributed by atoms with E-state index in [0.29, 0.717) is 6.54 Å². The predicted octanol–water partition coefficient (Wildman–Crippen LogP) is 2.08. The molecule has 1 aromatic rings. The van der Waals surface area contributed by atoms with Gasteiger partial charge in [0.15, 0.2) is 0 Å². The van der Waals surface area contributed by atoms with Gasteiger partial charge in [0.25, 0.3) is 0 Å². The van der Waals surface area contributed by atoms with Crippen LogP contribution in [0.3, 0.4) is 0 Å². The van der Waals surface area contributed by atoms with Gasteiger partial charge < -0.3 is 15.7 Å². The zero-order valence-corrected chi connectivity index (χ0v) is 12.6. The molecule has 0 aliphatic heterocycles. The third-order valence-corrected chi connectivity index (χ3v) is 3.34. The summed E-state index contributed by atoms with van der Waals surface area (Å²) in [5.41, 5.74) is 1.17. The number of benzene rings is 1. The molecule has 0 saturated heterocycles. The van der Waals surface area contributed by atoms with Crippen LogP contribution in [0.15, 0.2) is 24.3 Å². The van der Waals surface area contributed by atoms with E-state index >= 15 is 0 Å². The van der Waals surface area contributed by atoms with E-state index in [0.717, 1.165) is 19.4 Å². The highest BCUT2D eigenvalue weighted by molar-refractivity contribution is 5.78. The molecule has 1 aromatic carbocycles. The number of aryl methyl sites for hydroxylation is 1. The minimum absolute atomic E-state index is 0.00827. The van der Waals surface area contributed by atoms with Crippen LogP contribution < -0.4 is 10.6 Å². The first-order valence-corrected chi connectivity index (χ1v) is 7.32. The monoisotopic (exact) mass is 278 g/mol. The predicted molar refractivity (Wildman–Crippen MR) is 81.7 cm³/mol. The number of phenols is 1. The fourth-order valence-corrected chi connectivity index (χ4v) is 1.96. The van der Waals surface area contributed by atoms with Crippen LogP contribution in [0.2, 0.25) is 0 Å². The Kier molecular flexibility index (Phi) is 7.09. The molecule has 0 fully saturated rings. The standard InChI is InChI=1S/C16H26N2O2/c1-4-17-11-12(2)16(20)18-13(3)5-6-14-7-9-15(19)10-8-14/h7-10,12-13,17,19H,4-6,11H2,1-3H3,(H,18,20). The van der Waals surface area contributed by atoms with Gasteiger partial charge in [-0.3, -0.25) is 4.79 Å². The van der Waals surface area contributed by atoms with Crippen LogP contribution >= 0.6 is 0 Å². The van der Waals surface area contributed by atoms with Gasteiger partial charge in [0.05, 0.1) is 0 Å². The second-order valence-electron chi connectivity index (χ2n) is 5.32. The molecule has 0 heterocycles. The summed E-state index contributed by atoms with van der Waals surface area (Å²) in [5, 5.41) is 15.4. The zero-order chi connectivity index (χ0) is 15.0. The topological polar surface area (TPSA) is 61.4 Å². The number of carbonyl (C=O) groups is 1. The van der Waals surface area contributed by atoms with E-state index in [2.05, 4.69) is 10.6 Å². The number of amides is 1. The smallest absolute Gasteiger partial charge is 0.224 e. The van der Waals surface area contributed by atoms with Crippen molar-refractivity contribution in [3.63, 3.8) is 0 Å². The van der Waals surface area contributed by atoms with Crippen molar-refractivity contribution in [2.75, 3.05) is 13.1 Å². The van der Waals surface area contributed by atoms with Crippen LogP contribution in [0.4, 0.5) is 0 Å². The summed E-state index contributed by atoms with van der Waals surface area (Å²) in [4.78, 5) is 11.9. The molecule has 2 atom stereocenters. The SMILES string of the molecule is CCNCC(C)C(=O)NC(C)CCc1ccc(O)cc1. The number of aromatic hydroxyl groups is 1. The number of carbonyl (C=O) groups excluding carboxylic acids is 1. The molecule has 0 saturated carbocycles. The normalized spacial score (nSPS) is 13.8. The summed E-state index contributed by atoms with van der Waals surface area (Å²) in [6.45, 7) is 7.59. The average molecular weight is 278 g/mol. The number of hydrogen-bond donors (Lipinski definition) is 3. The lowest BCUT2D eigenvalue weighted by molar-refractivity contribution is -0.125. The highest BCUT2D eigenvalue weighted by Crippen LogP contribution is 2.12. The zero-order valence-electron chi connectivity index (χ0n) is 12.6. The molecule has 1 rings (SSSR count). The maximum Gasteiger partial charge on any atom is 0.224 e. The second kappa shape index (κ2) is 8.59. The maximum atomic E-state index is 11.9. The Balaban J connectivity index is 2.30. The summed E-state index contributed by atoms with van der Waals surface area (Å²) in [6, 6.07) is 7.36. The maximum absolute atomic E-state index is 11.9. The minimum Gasteiger partial charge on any atom is -0.508 e. The van der Waals surface area contributed by atoms with Crippen molar-refractivity contribution in [3.05, 3.63) is 29.8 Å². The molecule has 4 heteroatoms. The van der Waals surface area contributed by atoms with Gasteiger partial charge in [0, 0.05) is 18.5 Å². The number of hydrogen-bond acceptors (Lipinski definition) is 3. The molecule has 4 nitrogen and oxygen atoms in total. The first-order valence-electron chi connectivity index (χ1n) is 7.32. The highest BCUT2D eigenvalue weighted by Gasteiger charge is 2.14. The molecule has 3 N–H and O–H groups in total. The van der Waals surface area contributed by atoms with E-state index < -0.39 is 0 Å². The fourth-order valence-electron chi connectivity index (χ4n) is 1.96. The third-order valence-electron chi connectivity index (χ3n) is 3.34. The van der Waals surface area contributed by atoms with E-state index in [-0.39, 0.29) is 23.6 Å². The number of rotatable bonds is 8. The molecule has 0 bridgehead atoms. The lowest BCUT2D eigenvalue weighted by atomic mass is 10.0. The first-order chi connectivity index (χ1) is 9.52. The molecule has 0 spiro atoms. The molecule has 0 aromatic heterocycles. The fraction of sp³-hybridized carbons (Fsp3) is 0.562. The summed E-state index contributed by atoms with van der Waals surface area (Å²) >= 11 is 0. The molecule has 1 amide bonds. The van der Waals surface area contributed by atoms with Gasteiger partial charge in [-0.25, -0.2) is 0 Å². The van der Waals surface area contributed by atoms with Crippen LogP contribution in [0, 0.1) is 5.92 Å². The number of nitrogens with one attached hydrogen (secondary N) is 2. The summed E-state index contributed by atoms with van der Waals surface area (Å²) in [7, 11) is 0. The highest BCUT2D eigenvalue weighted by atomic mass is 16.3. The van der Waals surface area contributed by atoms with Crippen LogP contribution in [0.1, 0.15) is 32.8 Å². The van der Waals surface area contributed by atoms with Gasteiger partial charge >= 0.3 is 0 Å². The lowest BCUT2D eigenvalue weighted by Gasteiger charge is -2.17. The van der Waals surface area contributed by atoms with Gasteiger partial charge in [0.2, 0.25) is 5.91 Å². The molecular formula is C16H26N2O2. The van der Waals surface area contributed by atoms with Crippen molar-refractivity contribution < 1.29 is 9.90 Å². The van der Waals surface area contributed by atoms with E-state index in [4.69, 9.17) is 0 Å². The summed E-state index contributed by atoms with van der Waals surface area (Å²) < 4.78 is 0. The molecule has 0 aliphatic carbocycles. The number of phenolic OH excluding ortho intramolecular Hbond substituents is 1. The van der Waals surface area contributed by atoms with Crippen molar-refractivity contribution in [2.24, 2.45) is 5.92 Å². The van der Waals surface area contributed by atoms with E-state index in [1.807, 2.05) is 32.9 Å². The Morgan fingerprint density at radius 2 is 1.90 bits per heavy atom.